The Morgan fingerprint density at radius 1 is 1.14 bits per heavy atom. The summed E-state index contributed by atoms with van der Waals surface area (Å²) in [6.45, 7) is 2.31. The fourth-order valence-electron chi connectivity index (χ4n) is 2.23. The number of carbonyl (C=O) groups excluding carboxylic acids is 2. The van der Waals surface area contributed by atoms with Gasteiger partial charge in [-0.05, 0) is 36.8 Å². The number of nitrogens with zero attached hydrogens (tertiary/aromatic N) is 1. The molecule has 146 valence electrons. The van der Waals surface area contributed by atoms with E-state index in [1.54, 1.807) is 18.2 Å². The minimum Gasteiger partial charge on any atom is -0.493 e. The summed E-state index contributed by atoms with van der Waals surface area (Å²) in [6, 6.07) is 10.3. The zero-order valence-corrected chi connectivity index (χ0v) is 15.3. The van der Waals surface area contributed by atoms with E-state index in [9.17, 15) is 19.7 Å². The summed E-state index contributed by atoms with van der Waals surface area (Å²) in [5, 5.41) is 10.7. The van der Waals surface area contributed by atoms with Gasteiger partial charge in [0.15, 0.2) is 11.5 Å². The summed E-state index contributed by atoms with van der Waals surface area (Å²) in [5.74, 6) is -0.125. The molecule has 0 saturated heterocycles. The minimum atomic E-state index is -0.673. The molecule has 0 aliphatic carbocycles. The molecule has 0 aromatic heterocycles. The first-order valence-electron chi connectivity index (χ1n) is 8.28. The van der Waals surface area contributed by atoms with Crippen LogP contribution >= 0.6 is 0 Å². The maximum atomic E-state index is 12.0. The molecule has 0 saturated carbocycles. The standard InChI is InChI=1S/C19H19N3O6/c1-3-28-17-11-13(7-9-16(17)27-2)8-10-18(23)20-21-19(24)14-5-4-6-15(12-14)22(25)26/h4-12H,3H2,1-2H3,(H,20,23)(H,21,24)/b10-8+. The fraction of sp³-hybridized carbons (Fsp3) is 0.158. The van der Waals surface area contributed by atoms with Crippen molar-refractivity contribution in [1.82, 2.24) is 10.9 Å². The number of methoxy groups -OCH3 is 1. The molecule has 0 fully saturated rings. The lowest BCUT2D eigenvalue weighted by atomic mass is 10.2. The Bertz CT molecular complexity index is 910. The van der Waals surface area contributed by atoms with Gasteiger partial charge in [0, 0.05) is 23.8 Å². The quantitative estimate of drug-likeness (QED) is 0.429. The van der Waals surface area contributed by atoms with Gasteiger partial charge >= 0.3 is 0 Å². The first-order chi connectivity index (χ1) is 13.4. The van der Waals surface area contributed by atoms with Crippen LogP contribution in [0, 0.1) is 10.1 Å². The molecule has 9 nitrogen and oxygen atoms in total. The predicted molar refractivity (Wildman–Crippen MR) is 102 cm³/mol. The molecule has 2 aromatic rings. The number of hydrogen-bond acceptors (Lipinski definition) is 6. The van der Waals surface area contributed by atoms with E-state index in [-0.39, 0.29) is 11.3 Å². The van der Waals surface area contributed by atoms with Gasteiger partial charge in [-0.2, -0.15) is 0 Å². The highest BCUT2D eigenvalue weighted by molar-refractivity contribution is 5.98. The molecule has 9 heteroatoms. The number of hydrazine groups is 1. The van der Waals surface area contributed by atoms with Crippen molar-refractivity contribution in [2.45, 2.75) is 6.92 Å². The second-order valence-electron chi connectivity index (χ2n) is 5.43. The highest BCUT2D eigenvalue weighted by Gasteiger charge is 2.11. The molecule has 28 heavy (non-hydrogen) atoms. The van der Waals surface area contributed by atoms with Crippen molar-refractivity contribution in [3.05, 3.63) is 69.8 Å². The third-order valence-corrected chi connectivity index (χ3v) is 3.53. The molecule has 0 heterocycles. The molecule has 2 amide bonds. The maximum Gasteiger partial charge on any atom is 0.270 e. The van der Waals surface area contributed by atoms with Crippen LogP contribution in [-0.4, -0.2) is 30.5 Å². The summed E-state index contributed by atoms with van der Waals surface area (Å²) in [6.07, 6.45) is 2.77. The molecule has 2 N–H and O–H groups in total. The zero-order chi connectivity index (χ0) is 20.5. The fourth-order valence-corrected chi connectivity index (χ4v) is 2.23. The Balaban J connectivity index is 1.96. The van der Waals surface area contributed by atoms with E-state index in [2.05, 4.69) is 10.9 Å². The van der Waals surface area contributed by atoms with Crippen molar-refractivity contribution >= 4 is 23.6 Å². The molecule has 2 aromatic carbocycles. The lowest BCUT2D eigenvalue weighted by molar-refractivity contribution is -0.384. The van der Waals surface area contributed by atoms with Crippen molar-refractivity contribution in [1.29, 1.82) is 0 Å². The molecule has 0 unspecified atom stereocenters. The average molecular weight is 385 g/mol. The molecule has 0 atom stereocenters. The summed E-state index contributed by atoms with van der Waals surface area (Å²) < 4.78 is 10.7. The second-order valence-corrected chi connectivity index (χ2v) is 5.43. The summed E-state index contributed by atoms with van der Waals surface area (Å²) in [4.78, 5) is 34.0. The lowest BCUT2D eigenvalue weighted by Crippen LogP contribution is -2.40. The first-order valence-corrected chi connectivity index (χ1v) is 8.28. The summed E-state index contributed by atoms with van der Waals surface area (Å²) in [7, 11) is 1.53. The maximum absolute atomic E-state index is 12.0. The Hall–Kier alpha value is -3.88. The van der Waals surface area contributed by atoms with Gasteiger partial charge in [-0.15, -0.1) is 0 Å². The van der Waals surface area contributed by atoms with Gasteiger partial charge in [0.1, 0.15) is 0 Å². The Labute approximate surface area is 161 Å². The number of amides is 2. The minimum absolute atomic E-state index is 0.0509. The van der Waals surface area contributed by atoms with Gasteiger partial charge in [-0.3, -0.25) is 30.6 Å². The van der Waals surface area contributed by atoms with Crippen LogP contribution < -0.4 is 20.3 Å². The molecule has 0 radical (unpaired) electrons. The molecular weight excluding hydrogens is 366 g/mol. The number of ether oxygens (including phenoxy) is 2. The monoisotopic (exact) mass is 385 g/mol. The number of nitro groups is 1. The van der Waals surface area contributed by atoms with Gasteiger partial charge in [-0.25, -0.2) is 0 Å². The van der Waals surface area contributed by atoms with Crippen LogP contribution in [0.2, 0.25) is 0 Å². The van der Waals surface area contributed by atoms with Crippen LogP contribution in [0.15, 0.2) is 48.5 Å². The molecule has 2 rings (SSSR count). The topological polar surface area (TPSA) is 120 Å². The van der Waals surface area contributed by atoms with Crippen LogP contribution in [-0.2, 0) is 4.79 Å². The van der Waals surface area contributed by atoms with Gasteiger partial charge in [-0.1, -0.05) is 12.1 Å². The van der Waals surface area contributed by atoms with E-state index in [0.29, 0.717) is 23.7 Å². The lowest BCUT2D eigenvalue weighted by Gasteiger charge is -2.09. The third-order valence-electron chi connectivity index (χ3n) is 3.53. The van der Waals surface area contributed by atoms with E-state index in [1.807, 2.05) is 6.92 Å². The van der Waals surface area contributed by atoms with Crippen LogP contribution in [0.25, 0.3) is 6.08 Å². The second kappa shape index (κ2) is 9.72. The number of benzene rings is 2. The number of hydrogen-bond donors (Lipinski definition) is 2. The molecule has 0 aliphatic heterocycles. The number of nitro benzene ring substituents is 1. The number of rotatable bonds is 7. The Morgan fingerprint density at radius 3 is 2.61 bits per heavy atom. The van der Waals surface area contributed by atoms with E-state index in [4.69, 9.17) is 9.47 Å². The number of carbonyl (C=O) groups is 2. The van der Waals surface area contributed by atoms with Crippen molar-refractivity contribution in [3.63, 3.8) is 0 Å². The highest BCUT2D eigenvalue weighted by Crippen LogP contribution is 2.28. The van der Waals surface area contributed by atoms with E-state index in [0.717, 1.165) is 6.07 Å². The predicted octanol–water partition coefficient (Wildman–Crippen LogP) is 2.48. The molecule has 0 spiro atoms. The van der Waals surface area contributed by atoms with Gasteiger partial charge in [0.2, 0.25) is 0 Å². The molecule has 0 aliphatic rings. The summed E-state index contributed by atoms with van der Waals surface area (Å²) >= 11 is 0. The van der Waals surface area contributed by atoms with Crippen molar-refractivity contribution in [2.75, 3.05) is 13.7 Å². The molecule has 0 bridgehead atoms. The van der Waals surface area contributed by atoms with Crippen LogP contribution in [0.3, 0.4) is 0 Å². The number of nitrogens with one attached hydrogen (secondary N) is 2. The Kier molecular flexibility index (Phi) is 7.09. The SMILES string of the molecule is CCOc1cc(/C=C/C(=O)NNC(=O)c2cccc([N+](=O)[O-])c2)ccc1OC. The van der Waals surface area contributed by atoms with Crippen molar-refractivity contribution < 1.29 is 24.0 Å². The zero-order valence-electron chi connectivity index (χ0n) is 15.3. The normalized spacial score (nSPS) is 10.4. The van der Waals surface area contributed by atoms with E-state index in [1.165, 1.54) is 37.5 Å². The smallest absolute Gasteiger partial charge is 0.270 e. The first kappa shape index (κ1) is 20.4. The van der Waals surface area contributed by atoms with Crippen molar-refractivity contribution in [3.8, 4) is 11.5 Å². The van der Waals surface area contributed by atoms with Crippen LogP contribution in [0.5, 0.6) is 11.5 Å². The van der Waals surface area contributed by atoms with Gasteiger partial charge < -0.3 is 9.47 Å². The third kappa shape index (κ3) is 5.56. The van der Waals surface area contributed by atoms with Crippen molar-refractivity contribution in [2.24, 2.45) is 0 Å². The van der Waals surface area contributed by atoms with Gasteiger partial charge in [0.05, 0.1) is 18.6 Å². The van der Waals surface area contributed by atoms with E-state index >= 15 is 0 Å². The average Bonchev–Trinajstić information content (AvgIpc) is 2.71. The summed E-state index contributed by atoms with van der Waals surface area (Å²) in [5.41, 5.74) is 4.94. The van der Waals surface area contributed by atoms with Crippen LogP contribution in [0.4, 0.5) is 5.69 Å². The van der Waals surface area contributed by atoms with Crippen LogP contribution in [0.1, 0.15) is 22.8 Å². The molecular formula is C19H19N3O6. The highest BCUT2D eigenvalue weighted by atomic mass is 16.6. The van der Waals surface area contributed by atoms with E-state index < -0.39 is 16.7 Å². The number of non-ortho nitro benzene ring substituents is 1. The largest absolute Gasteiger partial charge is 0.493 e. The van der Waals surface area contributed by atoms with Gasteiger partial charge in [0.25, 0.3) is 17.5 Å². The Morgan fingerprint density at radius 2 is 1.93 bits per heavy atom.